The van der Waals surface area contributed by atoms with Crippen LogP contribution in [0.4, 0.5) is 18.9 Å². The van der Waals surface area contributed by atoms with Gasteiger partial charge >= 0.3 is 0 Å². The first-order valence-electron chi connectivity index (χ1n) is 6.60. The van der Waals surface area contributed by atoms with Crippen LogP contribution in [0.25, 0.3) is 0 Å². The minimum absolute atomic E-state index is 0.0233. The number of carbonyl (C=O) groups excluding carboxylic acids is 1. The third kappa shape index (κ3) is 3.58. The Bertz CT molecular complexity index is 619. The number of amides is 1. The average molecular weight is 352 g/mol. The van der Waals surface area contributed by atoms with E-state index in [0.29, 0.717) is 0 Å². The Morgan fingerprint density at radius 1 is 1.27 bits per heavy atom. The highest BCUT2D eigenvalue weighted by Gasteiger charge is 2.56. The molecule has 0 aliphatic heterocycles. The van der Waals surface area contributed by atoms with E-state index >= 15 is 0 Å². The minimum atomic E-state index is -1.57. The molecule has 1 aromatic carbocycles. The molecule has 1 N–H and O–H groups in total. The first-order valence-corrected chi connectivity index (χ1v) is 7.35. The first-order chi connectivity index (χ1) is 10.1. The molecule has 0 spiro atoms. The molecule has 1 aromatic rings. The maximum atomic E-state index is 13.1. The third-order valence-electron chi connectivity index (χ3n) is 4.12. The van der Waals surface area contributed by atoms with Gasteiger partial charge < -0.3 is 5.32 Å². The van der Waals surface area contributed by atoms with Crippen molar-refractivity contribution in [2.24, 2.45) is 17.3 Å². The molecule has 2 nitrogen and oxygen atoms in total. The fourth-order valence-electron chi connectivity index (χ4n) is 2.68. The largest absolute Gasteiger partial charge is 0.326 e. The normalized spacial score (nSPS) is 22.1. The zero-order valence-electron chi connectivity index (χ0n) is 11.9. The van der Waals surface area contributed by atoms with Gasteiger partial charge in [-0.1, -0.05) is 43.1 Å². The van der Waals surface area contributed by atoms with E-state index in [4.69, 9.17) is 23.2 Å². The molecule has 22 heavy (non-hydrogen) atoms. The summed E-state index contributed by atoms with van der Waals surface area (Å²) >= 11 is 11.3. The van der Waals surface area contributed by atoms with Crippen molar-refractivity contribution in [1.82, 2.24) is 0 Å². The minimum Gasteiger partial charge on any atom is -0.326 e. The lowest BCUT2D eigenvalue weighted by atomic mass is 10.1. The standard InChI is InChI=1S/C15H14Cl2F3NO/c1-15(2)8(5-12(16)17)9(15)6-13(22)21-7-3-10(18)14(20)11(19)4-7/h3-5,8-9H,6H2,1-2H3,(H,21,22)/t8-,9-/m1/s1. The van der Waals surface area contributed by atoms with E-state index in [2.05, 4.69) is 5.32 Å². The second-order valence-corrected chi connectivity index (χ2v) is 6.92. The molecule has 0 heterocycles. The van der Waals surface area contributed by atoms with Crippen LogP contribution >= 0.6 is 23.2 Å². The Hall–Kier alpha value is -1.20. The zero-order chi connectivity index (χ0) is 16.7. The molecule has 1 fully saturated rings. The summed E-state index contributed by atoms with van der Waals surface area (Å²) in [5.41, 5.74) is -0.256. The maximum absolute atomic E-state index is 13.1. The van der Waals surface area contributed by atoms with Crippen molar-refractivity contribution in [3.05, 3.63) is 40.2 Å². The highest BCUT2D eigenvalue weighted by molar-refractivity contribution is 6.55. The predicted molar refractivity (Wildman–Crippen MR) is 80.1 cm³/mol. The molecular formula is C15H14Cl2F3NO. The topological polar surface area (TPSA) is 29.1 Å². The summed E-state index contributed by atoms with van der Waals surface area (Å²) in [5.74, 6) is -4.60. The molecule has 0 radical (unpaired) electrons. The number of carbonyl (C=O) groups is 1. The summed E-state index contributed by atoms with van der Waals surface area (Å²) < 4.78 is 39.2. The lowest BCUT2D eigenvalue weighted by Crippen LogP contribution is -2.14. The third-order valence-corrected chi connectivity index (χ3v) is 4.37. The number of benzene rings is 1. The summed E-state index contributed by atoms with van der Waals surface area (Å²) in [6.07, 6.45) is 1.83. The fourth-order valence-corrected chi connectivity index (χ4v) is 2.95. The van der Waals surface area contributed by atoms with Gasteiger partial charge in [0.05, 0.1) is 0 Å². The molecule has 0 saturated heterocycles. The molecule has 1 amide bonds. The quantitative estimate of drug-likeness (QED) is 0.757. The Morgan fingerprint density at radius 3 is 2.32 bits per heavy atom. The van der Waals surface area contributed by atoms with E-state index < -0.39 is 23.4 Å². The van der Waals surface area contributed by atoms with E-state index in [1.54, 1.807) is 6.08 Å². The van der Waals surface area contributed by atoms with Crippen molar-refractivity contribution in [1.29, 1.82) is 0 Å². The predicted octanol–water partition coefficient (Wildman–Crippen LogP) is 5.02. The van der Waals surface area contributed by atoms with Crippen LogP contribution in [-0.2, 0) is 4.79 Å². The molecule has 2 atom stereocenters. The Labute approximate surface area is 136 Å². The van der Waals surface area contributed by atoms with Crippen LogP contribution < -0.4 is 5.32 Å². The van der Waals surface area contributed by atoms with Crippen LogP contribution in [0.15, 0.2) is 22.7 Å². The van der Waals surface area contributed by atoms with Crippen molar-refractivity contribution in [3.8, 4) is 0 Å². The smallest absolute Gasteiger partial charge is 0.224 e. The van der Waals surface area contributed by atoms with Crippen LogP contribution in [0.3, 0.4) is 0 Å². The van der Waals surface area contributed by atoms with E-state index in [0.717, 1.165) is 12.1 Å². The van der Waals surface area contributed by atoms with Gasteiger partial charge in [-0.25, -0.2) is 13.2 Å². The average Bonchev–Trinajstić information content (AvgIpc) is 2.86. The van der Waals surface area contributed by atoms with Crippen molar-refractivity contribution in [3.63, 3.8) is 0 Å². The van der Waals surface area contributed by atoms with Gasteiger partial charge in [0, 0.05) is 24.2 Å². The Morgan fingerprint density at radius 2 is 1.82 bits per heavy atom. The number of anilines is 1. The first kappa shape index (κ1) is 17.2. The van der Waals surface area contributed by atoms with Crippen molar-refractivity contribution in [2.75, 3.05) is 5.32 Å². The number of hydrogen-bond acceptors (Lipinski definition) is 1. The van der Waals surface area contributed by atoms with Crippen LogP contribution in [0.5, 0.6) is 0 Å². The van der Waals surface area contributed by atoms with Crippen LogP contribution in [0.1, 0.15) is 20.3 Å². The summed E-state index contributed by atoms with van der Waals surface area (Å²) in [7, 11) is 0. The lowest BCUT2D eigenvalue weighted by molar-refractivity contribution is -0.116. The second-order valence-electron chi connectivity index (χ2n) is 5.92. The van der Waals surface area contributed by atoms with Crippen LogP contribution in [0.2, 0.25) is 0 Å². The van der Waals surface area contributed by atoms with E-state index in [1.807, 2.05) is 13.8 Å². The van der Waals surface area contributed by atoms with Gasteiger partial charge in [-0.05, 0) is 17.3 Å². The molecule has 1 aliphatic rings. The summed E-state index contributed by atoms with van der Waals surface area (Å²) in [5, 5.41) is 2.36. The molecule has 7 heteroatoms. The summed E-state index contributed by atoms with van der Waals surface area (Å²) in [4.78, 5) is 12.0. The number of halogens is 5. The number of hydrogen-bond donors (Lipinski definition) is 1. The molecule has 0 bridgehead atoms. The molecule has 0 unspecified atom stereocenters. The van der Waals surface area contributed by atoms with E-state index in [1.165, 1.54) is 0 Å². The fraction of sp³-hybridized carbons (Fsp3) is 0.400. The van der Waals surface area contributed by atoms with Gasteiger partial charge in [-0.15, -0.1) is 0 Å². The lowest BCUT2D eigenvalue weighted by Gasteiger charge is -2.07. The van der Waals surface area contributed by atoms with Crippen LogP contribution in [0, 0.1) is 34.7 Å². The highest BCUT2D eigenvalue weighted by atomic mass is 35.5. The summed E-state index contributed by atoms with van der Waals surface area (Å²) in [6, 6.07) is 1.47. The molecular weight excluding hydrogens is 338 g/mol. The Kier molecular flexibility index (Phi) is 4.78. The van der Waals surface area contributed by atoms with E-state index in [9.17, 15) is 18.0 Å². The Balaban J connectivity index is 2.01. The maximum Gasteiger partial charge on any atom is 0.224 e. The van der Waals surface area contributed by atoms with Gasteiger partial charge in [0.2, 0.25) is 5.91 Å². The van der Waals surface area contributed by atoms with Crippen molar-refractivity contribution < 1.29 is 18.0 Å². The van der Waals surface area contributed by atoms with Gasteiger partial charge in [-0.2, -0.15) is 0 Å². The highest BCUT2D eigenvalue weighted by Crippen LogP contribution is 2.61. The molecule has 1 saturated carbocycles. The SMILES string of the molecule is CC1(C)[C@H](C=C(Cl)Cl)[C@H]1CC(=O)Nc1cc(F)c(F)c(F)c1. The zero-order valence-corrected chi connectivity index (χ0v) is 13.4. The molecule has 120 valence electrons. The van der Waals surface area contributed by atoms with Gasteiger partial charge in [0.25, 0.3) is 0 Å². The van der Waals surface area contributed by atoms with E-state index in [-0.39, 0.29) is 33.9 Å². The second kappa shape index (κ2) is 6.13. The van der Waals surface area contributed by atoms with Gasteiger partial charge in [-0.3, -0.25) is 4.79 Å². The number of allylic oxidation sites excluding steroid dienone is 1. The molecule has 0 aromatic heterocycles. The van der Waals surface area contributed by atoms with Gasteiger partial charge in [0.15, 0.2) is 17.5 Å². The van der Waals surface area contributed by atoms with Crippen molar-refractivity contribution in [2.45, 2.75) is 20.3 Å². The van der Waals surface area contributed by atoms with Crippen LogP contribution in [-0.4, -0.2) is 5.91 Å². The molecule has 1 aliphatic carbocycles. The van der Waals surface area contributed by atoms with Crippen molar-refractivity contribution >= 4 is 34.8 Å². The van der Waals surface area contributed by atoms with Gasteiger partial charge in [0.1, 0.15) is 4.49 Å². The number of rotatable bonds is 4. The number of nitrogens with one attached hydrogen (secondary N) is 1. The monoisotopic (exact) mass is 351 g/mol. The molecule has 2 rings (SSSR count). The summed E-state index contributed by atoms with van der Waals surface area (Å²) in [6.45, 7) is 3.94.